The van der Waals surface area contributed by atoms with Gasteiger partial charge in [-0.25, -0.2) is 8.78 Å². The molecule has 0 unspecified atom stereocenters. The molecule has 0 aromatic heterocycles. The van der Waals surface area contributed by atoms with Gasteiger partial charge >= 0.3 is 12.3 Å². The molecule has 0 saturated heterocycles. The van der Waals surface area contributed by atoms with Crippen molar-refractivity contribution in [3.63, 3.8) is 0 Å². The van der Waals surface area contributed by atoms with Gasteiger partial charge in [0.05, 0.1) is 5.56 Å². The summed E-state index contributed by atoms with van der Waals surface area (Å²) in [5, 5.41) is 0. The molecule has 0 N–H and O–H groups in total. The Morgan fingerprint density at radius 3 is 1.79 bits per heavy atom. The fraction of sp³-hybridized carbons (Fsp3) is 0.600. The summed E-state index contributed by atoms with van der Waals surface area (Å²) in [7, 11) is 0. The summed E-state index contributed by atoms with van der Waals surface area (Å²) < 4.78 is 99.5. The standard InChI is InChI=1S/C30H35F7O/c1-2-3-4-19-5-7-20(8-6-19)21-9-11-22(12-10-21)23-13-15-24(16-14-23)30(36,37)38-25-17-26(31)28(27(32)18-25)29(33,34)35/h13-22H,2-12H2,1H3/t19-,20-,21-,22-. The van der Waals surface area contributed by atoms with Crippen molar-refractivity contribution in [1.29, 1.82) is 0 Å². The third-order valence-electron chi connectivity index (χ3n) is 8.56. The third kappa shape index (κ3) is 6.84. The van der Waals surface area contributed by atoms with Crippen LogP contribution in [0.25, 0.3) is 0 Å². The predicted molar refractivity (Wildman–Crippen MR) is 132 cm³/mol. The molecular weight excluding hydrogens is 509 g/mol. The monoisotopic (exact) mass is 544 g/mol. The zero-order valence-corrected chi connectivity index (χ0v) is 21.6. The molecule has 0 aliphatic heterocycles. The fourth-order valence-corrected chi connectivity index (χ4v) is 6.40. The lowest BCUT2D eigenvalue weighted by Crippen LogP contribution is -2.25. The van der Waals surface area contributed by atoms with Crippen LogP contribution < -0.4 is 4.74 Å². The summed E-state index contributed by atoms with van der Waals surface area (Å²) in [5.41, 5.74) is -1.74. The number of hydrogen-bond acceptors (Lipinski definition) is 1. The molecule has 2 aromatic rings. The molecule has 0 atom stereocenters. The first-order valence-corrected chi connectivity index (χ1v) is 13.7. The highest BCUT2D eigenvalue weighted by atomic mass is 19.4. The van der Waals surface area contributed by atoms with Crippen molar-refractivity contribution in [3.05, 3.63) is 64.7 Å². The number of ether oxygens (including phenoxy) is 1. The van der Waals surface area contributed by atoms with E-state index in [1.54, 1.807) is 12.1 Å². The quantitative estimate of drug-likeness (QED) is 0.301. The summed E-state index contributed by atoms with van der Waals surface area (Å²) in [6.45, 7) is 2.24. The van der Waals surface area contributed by atoms with Crippen molar-refractivity contribution < 1.29 is 35.5 Å². The minimum Gasteiger partial charge on any atom is -0.429 e. The van der Waals surface area contributed by atoms with Crippen LogP contribution >= 0.6 is 0 Å². The van der Waals surface area contributed by atoms with Gasteiger partial charge in [0.1, 0.15) is 22.9 Å². The molecule has 0 radical (unpaired) electrons. The highest BCUT2D eigenvalue weighted by Gasteiger charge is 2.40. The number of halogens is 7. The van der Waals surface area contributed by atoms with Gasteiger partial charge in [-0.1, -0.05) is 51.2 Å². The van der Waals surface area contributed by atoms with Crippen LogP contribution in [0.3, 0.4) is 0 Å². The van der Waals surface area contributed by atoms with Crippen molar-refractivity contribution in [2.45, 2.75) is 95.8 Å². The molecule has 0 spiro atoms. The molecule has 0 bridgehead atoms. The van der Waals surface area contributed by atoms with E-state index in [2.05, 4.69) is 11.7 Å². The predicted octanol–water partition coefficient (Wildman–Crippen LogP) is 10.4. The molecule has 0 amide bonds. The second-order valence-corrected chi connectivity index (χ2v) is 11.0. The molecule has 2 aromatic carbocycles. The Labute approximate surface area is 219 Å². The van der Waals surface area contributed by atoms with Gasteiger partial charge in [0, 0.05) is 12.1 Å². The minimum absolute atomic E-state index is 0.115. The van der Waals surface area contributed by atoms with Crippen LogP contribution in [0.2, 0.25) is 0 Å². The number of benzene rings is 2. The van der Waals surface area contributed by atoms with Gasteiger partial charge in [0.25, 0.3) is 0 Å². The average molecular weight is 545 g/mol. The summed E-state index contributed by atoms with van der Waals surface area (Å²) in [6.07, 6.45) is 4.28. The molecule has 2 aliphatic carbocycles. The van der Waals surface area contributed by atoms with E-state index in [9.17, 15) is 30.7 Å². The lowest BCUT2D eigenvalue weighted by Gasteiger charge is -2.38. The zero-order chi connectivity index (χ0) is 27.5. The van der Waals surface area contributed by atoms with Gasteiger partial charge in [-0.05, 0) is 79.9 Å². The molecule has 4 rings (SSSR count). The van der Waals surface area contributed by atoms with Gasteiger partial charge in [0.2, 0.25) is 0 Å². The second-order valence-electron chi connectivity index (χ2n) is 11.0. The van der Waals surface area contributed by atoms with E-state index in [1.807, 2.05) is 0 Å². The van der Waals surface area contributed by atoms with Gasteiger partial charge in [0.15, 0.2) is 0 Å². The first-order valence-electron chi connectivity index (χ1n) is 13.7. The summed E-state index contributed by atoms with van der Waals surface area (Å²) in [6, 6.07) is 5.87. The lowest BCUT2D eigenvalue weighted by molar-refractivity contribution is -0.185. The van der Waals surface area contributed by atoms with Crippen LogP contribution in [0, 0.1) is 29.4 Å². The van der Waals surface area contributed by atoms with Crippen LogP contribution in [0.5, 0.6) is 5.75 Å². The van der Waals surface area contributed by atoms with Crippen molar-refractivity contribution in [2.24, 2.45) is 17.8 Å². The van der Waals surface area contributed by atoms with E-state index < -0.39 is 40.8 Å². The van der Waals surface area contributed by atoms with E-state index in [0.717, 1.165) is 49.0 Å². The molecule has 1 nitrogen and oxygen atoms in total. The molecule has 8 heteroatoms. The highest BCUT2D eigenvalue weighted by molar-refractivity contribution is 5.34. The van der Waals surface area contributed by atoms with Crippen molar-refractivity contribution in [2.75, 3.05) is 0 Å². The topological polar surface area (TPSA) is 9.23 Å². The molecule has 38 heavy (non-hydrogen) atoms. The average Bonchev–Trinajstić information content (AvgIpc) is 2.86. The fourth-order valence-electron chi connectivity index (χ4n) is 6.40. The van der Waals surface area contributed by atoms with E-state index in [1.165, 1.54) is 57.1 Å². The molecule has 2 saturated carbocycles. The van der Waals surface area contributed by atoms with Crippen LogP contribution in [0.15, 0.2) is 36.4 Å². The van der Waals surface area contributed by atoms with Gasteiger partial charge in [-0.2, -0.15) is 22.0 Å². The van der Waals surface area contributed by atoms with Crippen LogP contribution in [-0.4, -0.2) is 0 Å². The van der Waals surface area contributed by atoms with Crippen LogP contribution in [-0.2, 0) is 12.3 Å². The van der Waals surface area contributed by atoms with Crippen molar-refractivity contribution in [3.8, 4) is 5.75 Å². The molecular formula is C30H35F7O. The van der Waals surface area contributed by atoms with Gasteiger partial charge in [-0.15, -0.1) is 0 Å². The normalized spacial score (nSPS) is 24.8. The second kappa shape index (κ2) is 11.9. The van der Waals surface area contributed by atoms with Gasteiger partial charge < -0.3 is 4.74 Å². The van der Waals surface area contributed by atoms with E-state index in [-0.39, 0.29) is 18.1 Å². The first kappa shape index (κ1) is 28.8. The van der Waals surface area contributed by atoms with Gasteiger partial charge in [-0.3, -0.25) is 0 Å². The van der Waals surface area contributed by atoms with Crippen LogP contribution in [0.1, 0.15) is 100 Å². The SMILES string of the molecule is CCCC[C@H]1CC[C@H]([C@H]2CC[C@H](c3ccc(C(F)(F)Oc4cc(F)c(C(F)(F)F)c(F)c4)cc3)CC2)CC1. The maximum absolute atomic E-state index is 14.7. The van der Waals surface area contributed by atoms with Crippen molar-refractivity contribution >= 4 is 0 Å². The van der Waals surface area contributed by atoms with Crippen LogP contribution in [0.4, 0.5) is 30.7 Å². The Morgan fingerprint density at radius 2 is 1.29 bits per heavy atom. The Balaban J connectivity index is 1.32. The van der Waals surface area contributed by atoms with E-state index in [0.29, 0.717) is 0 Å². The van der Waals surface area contributed by atoms with E-state index in [4.69, 9.17) is 0 Å². The van der Waals surface area contributed by atoms with E-state index >= 15 is 0 Å². The first-order chi connectivity index (χ1) is 18.0. The number of hydrogen-bond donors (Lipinski definition) is 0. The minimum atomic E-state index is -5.29. The summed E-state index contributed by atoms with van der Waals surface area (Å²) >= 11 is 0. The zero-order valence-electron chi connectivity index (χ0n) is 21.6. The summed E-state index contributed by atoms with van der Waals surface area (Å²) in [4.78, 5) is 0. The summed E-state index contributed by atoms with van der Waals surface area (Å²) in [5.74, 6) is -2.35. The lowest BCUT2D eigenvalue weighted by atomic mass is 9.68. The molecule has 2 aliphatic rings. The maximum atomic E-state index is 14.7. The molecule has 2 fully saturated rings. The molecule has 210 valence electrons. The smallest absolute Gasteiger partial charge is 0.426 e. The number of alkyl halides is 5. The largest absolute Gasteiger partial charge is 0.429 e. The maximum Gasteiger partial charge on any atom is 0.426 e. The highest BCUT2D eigenvalue weighted by Crippen LogP contribution is 2.45. The Hall–Kier alpha value is -2.25. The Morgan fingerprint density at radius 1 is 0.763 bits per heavy atom. The number of unbranched alkanes of at least 4 members (excludes halogenated alkanes) is 1. The number of rotatable bonds is 8. The Kier molecular flexibility index (Phi) is 8.98. The molecule has 0 heterocycles. The third-order valence-corrected chi connectivity index (χ3v) is 8.56. The Bertz CT molecular complexity index is 1020. The van der Waals surface area contributed by atoms with Crippen molar-refractivity contribution in [1.82, 2.24) is 0 Å².